The van der Waals surface area contributed by atoms with E-state index in [1.165, 1.54) is 23.9 Å². The predicted molar refractivity (Wildman–Crippen MR) is 171 cm³/mol. The minimum absolute atomic E-state index is 0.0541. The van der Waals surface area contributed by atoms with Gasteiger partial charge in [-0.05, 0) is 67.3 Å². The van der Waals surface area contributed by atoms with Gasteiger partial charge in [0.1, 0.15) is 5.82 Å². The number of hydrogen-bond acceptors (Lipinski definition) is 7. The summed E-state index contributed by atoms with van der Waals surface area (Å²) in [6, 6.07) is 25.2. The lowest BCUT2D eigenvalue weighted by atomic mass is 10.00. The van der Waals surface area contributed by atoms with Gasteiger partial charge >= 0.3 is 0 Å². The number of aromatic nitrogens is 3. The molecule has 0 spiro atoms. The Kier molecular flexibility index (Phi) is 8.67. The number of aryl methyl sites for hydroxylation is 2. The number of rotatable bonds is 9. The maximum absolute atomic E-state index is 13.8. The first-order valence-electron chi connectivity index (χ1n) is 14.0. The van der Waals surface area contributed by atoms with Crippen LogP contribution in [0.25, 0.3) is 5.69 Å². The summed E-state index contributed by atoms with van der Waals surface area (Å²) in [6.07, 6.45) is 0.622. The van der Waals surface area contributed by atoms with E-state index in [-0.39, 0.29) is 36.0 Å². The minimum Gasteiger partial charge on any atom is -0.345 e. The van der Waals surface area contributed by atoms with Gasteiger partial charge in [-0.1, -0.05) is 65.4 Å². The number of hydrogen-bond donors (Lipinski definition) is 1. The molecule has 5 aromatic rings. The molecule has 1 unspecified atom stereocenters. The van der Waals surface area contributed by atoms with Crippen LogP contribution < -0.4 is 5.32 Å². The third kappa shape index (κ3) is 6.48. The van der Waals surface area contributed by atoms with Crippen molar-refractivity contribution in [2.45, 2.75) is 38.0 Å². The van der Waals surface area contributed by atoms with Gasteiger partial charge in [-0.15, -0.1) is 21.5 Å². The van der Waals surface area contributed by atoms with Crippen LogP contribution in [0, 0.1) is 19.7 Å². The highest BCUT2D eigenvalue weighted by atomic mass is 32.2. The predicted octanol–water partition coefficient (Wildman–Crippen LogP) is 6.48. The van der Waals surface area contributed by atoms with Crippen molar-refractivity contribution in [3.63, 3.8) is 0 Å². The minimum atomic E-state index is -0.379. The summed E-state index contributed by atoms with van der Waals surface area (Å²) in [5.41, 5.74) is 5.17. The second-order valence-corrected chi connectivity index (χ2v) is 12.3. The summed E-state index contributed by atoms with van der Waals surface area (Å²) in [6.45, 7) is 4.04. The highest BCUT2D eigenvalue weighted by Gasteiger charge is 2.33. The highest BCUT2D eigenvalue weighted by molar-refractivity contribution is 7.99. The Morgan fingerprint density at radius 2 is 1.77 bits per heavy atom. The van der Waals surface area contributed by atoms with Gasteiger partial charge in [-0.2, -0.15) is 5.10 Å². The number of thioether (sulfide) groups is 1. The van der Waals surface area contributed by atoms with Crippen LogP contribution in [-0.2, 0) is 11.3 Å². The van der Waals surface area contributed by atoms with Crippen molar-refractivity contribution >= 4 is 40.6 Å². The van der Waals surface area contributed by atoms with Crippen molar-refractivity contribution in [2.75, 3.05) is 5.75 Å². The topological polar surface area (TPSA) is 92.5 Å². The van der Waals surface area contributed by atoms with Gasteiger partial charge in [0.05, 0.1) is 28.9 Å². The summed E-state index contributed by atoms with van der Waals surface area (Å²) >= 11 is 2.82. The smallest absolute Gasteiger partial charge is 0.253 e. The third-order valence-corrected chi connectivity index (χ3v) is 9.06. The Bertz CT molecular complexity index is 1820. The van der Waals surface area contributed by atoms with Crippen molar-refractivity contribution in [1.29, 1.82) is 0 Å². The van der Waals surface area contributed by atoms with E-state index in [0.29, 0.717) is 28.7 Å². The maximum Gasteiger partial charge on any atom is 0.253 e. The van der Waals surface area contributed by atoms with Crippen LogP contribution in [-0.4, -0.2) is 43.1 Å². The molecule has 1 aliphatic rings. The van der Waals surface area contributed by atoms with Crippen LogP contribution in [0.2, 0.25) is 0 Å². The molecule has 6 rings (SSSR count). The van der Waals surface area contributed by atoms with Crippen molar-refractivity contribution in [2.24, 2.45) is 5.10 Å². The number of carbonyl (C=O) groups excluding carboxylic acids is 2. The average molecular weight is 625 g/mol. The maximum atomic E-state index is 13.8. The number of amides is 2. The van der Waals surface area contributed by atoms with E-state index in [0.717, 1.165) is 27.3 Å². The number of nitrogens with one attached hydrogen (secondary N) is 1. The van der Waals surface area contributed by atoms with Crippen molar-refractivity contribution in [1.82, 2.24) is 25.1 Å². The molecule has 2 amide bonds. The second kappa shape index (κ2) is 12.9. The number of hydrazone groups is 1. The fourth-order valence-electron chi connectivity index (χ4n) is 4.98. The van der Waals surface area contributed by atoms with Crippen molar-refractivity contribution < 1.29 is 14.0 Å². The van der Waals surface area contributed by atoms with E-state index in [9.17, 15) is 14.0 Å². The quantitative estimate of drug-likeness (QED) is 0.190. The molecule has 11 heteroatoms. The standard InChI is InChI=1S/C33H29FN6O2S2/c1-21-8-10-23(11-9-21)28-18-27(29-7-4-16-43-29)38-40(28)31(41)20-44-33-37-36-30(39(33)26-14-12-25(34)13-15-26)19-35-32(42)24-6-3-5-22(2)17-24/h3-17,28H,18-20H2,1-2H3,(H,35,42). The van der Waals surface area contributed by atoms with Gasteiger partial charge in [0.25, 0.3) is 11.8 Å². The summed E-state index contributed by atoms with van der Waals surface area (Å²) in [4.78, 5) is 27.6. The SMILES string of the molecule is Cc1ccc(C2CC(c3cccs3)=NN2C(=O)CSc2nnc(CNC(=O)c3cccc(C)c3)n2-c2ccc(F)cc2)cc1. The average Bonchev–Trinajstić information content (AvgIpc) is 3.80. The number of nitrogens with zero attached hydrogens (tertiary/aromatic N) is 5. The first-order chi connectivity index (χ1) is 21.4. The van der Waals surface area contributed by atoms with Gasteiger partial charge in [0, 0.05) is 17.7 Å². The third-order valence-electron chi connectivity index (χ3n) is 7.23. The fraction of sp³-hybridized carbons (Fsp3) is 0.182. The molecule has 0 fully saturated rings. The van der Waals surface area contributed by atoms with Crippen LogP contribution in [0.1, 0.15) is 50.2 Å². The molecule has 2 aromatic heterocycles. The van der Waals surface area contributed by atoms with Gasteiger partial charge in [-0.3, -0.25) is 14.2 Å². The lowest BCUT2D eigenvalue weighted by Crippen LogP contribution is -2.28. The molecule has 0 aliphatic carbocycles. The Hall–Kier alpha value is -4.61. The Morgan fingerprint density at radius 3 is 2.50 bits per heavy atom. The van der Waals surface area contributed by atoms with E-state index < -0.39 is 0 Å². The molecule has 8 nitrogen and oxygen atoms in total. The molecule has 0 bridgehead atoms. The zero-order chi connectivity index (χ0) is 30.6. The molecule has 1 aliphatic heterocycles. The van der Waals surface area contributed by atoms with E-state index >= 15 is 0 Å². The van der Waals surface area contributed by atoms with Crippen LogP contribution in [0.15, 0.2) is 101 Å². The Morgan fingerprint density at radius 1 is 0.977 bits per heavy atom. The van der Waals surface area contributed by atoms with Crippen LogP contribution in [0.4, 0.5) is 4.39 Å². The van der Waals surface area contributed by atoms with Crippen LogP contribution in [0.5, 0.6) is 0 Å². The zero-order valence-corrected chi connectivity index (χ0v) is 25.7. The van der Waals surface area contributed by atoms with Gasteiger partial charge in [0.15, 0.2) is 11.0 Å². The zero-order valence-electron chi connectivity index (χ0n) is 24.1. The summed E-state index contributed by atoms with van der Waals surface area (Å²) in [7, 11) is 0. The summed E-state index contributed by atoms with van der Waals surface area (Å²) in [5, 5.41) is 20.4. The number of thiophene rings is 1. The molecule has 0 radical (unpaired) electrons. The van der Waals surface area contributed by atoms with Crippen molar-refractivity contribution in [3.8, 4) is 5.69 Å². The Labute approximate surface area is 262 Å². The van der Waals surface area contributed by atoms with E-state index in [2.05, 4.69) is 15.5 Å². The molecule has 222 valence electrons. The largest absolute Gasteiger partial charge is 0.345 e. The lowest BCUT2D eigenvalue weighted by Gasteiger charge is -2.22. The second-order valence-electron chi connectivity index (χ2n) is 10.4. The molecule has 1 atom stereocenters. The molecule has 1 N–H and O–H groups in total. The Balaban J connectivity index is 1.23. The fourth-order valence-corrected chi connectivity index (χ4v) is 6.52. The van der Waals surface area contributed by atoms with E-state index in [1.807, 2.05) is 73.8 Å². The normalized spacial score (nSPS) is 14.5. The van der Waals surface area contributed by atoms with Crippen LogP contribution in [0.3, 0.4) is 0 Å². The van der Waals surface area contributed by atoms with Gasteiger partial charge in [0.2, 0.25) is 0 Å². The summed E-state index contributed by atoms with van der Waals surface area (Å²) < 4.78 is 15.5. The van der Waals surface area contributed by atoms with Crippen molar-refractivity contribution in [3.05, 3.63) is 129 Å². The molecular formula is C33H29FN6O2S2. The number of halogens is 1. The molecule has 44 heavy (non-hydrogen) atoms. The first-order valence-corrected chi connectivity index (χ1v) is 15.9. The van der Waals surface area contributed by atoms with Crippen LogP contribution >= 0.6 is 23.1 Å². The van der Waals surface area contributed by atoms with Gasteiger partial charge < -0.3 is 5.32 Å². The molecular weight excluding hydrogens is 596 g/mol. The van der Waals surface area contributed by atoms with E-state index in [4.69, 9.17) is 5.10 Å². The highest BCUT2D eigenvalue weighted by Crippen LogP contribution is 2.35. The molecule has 0 saturated heterocycles. The number of carbonyl (C=O) groups is 2. The molecule has 3 aromatic carbocycles. The van der Waals surface area contributed by atoms with E-state index in [1.54, 1.807) is 39.1 Å². The summed E-state index contributed by atoms with van der Waals surface area (Å²) in [5.74, 6) is -0.295. The number of benzene rings is 3. The molecule has 0 saturated carbocycles. The first kappa shape index (κ1) is 29.5. The molecule has 3 heterocycles. The van der Waals surface area contributed by atoms with Gasteiger partial charge in [-0.25, -0.2) is 9.40 Å². The monoisotopic (exact) mass is 624 g/mol. The lowest BCUT2D eigenvalue weighted by molar-refractivity contribution is -0.130.